The van der Waals surface area contributed by atoms with E-state index in [0.717, 1.165) is 22.4 Å². The predicted molar refractivity (Wildman–Crippen MR) is 170 cm³/mol. The van der Waals surface area contributed by atoms with Crippen molar-refractivity contribution < 1.29 is 23.1 Å². The molecule has 0 spiro atoms. The lowest BCUT2D eigenvalue weighted by atomic mass is 9.85. The van der Waals surface area contributed by atoms with Crippen LogP contribution in [0.3, 0.4) is 0 Å². The van der Waals surface area contributed by atoms with Gasteiger partial charge in [0.2, 0.25) is 0 Å². The summed E-state index contributed by atoms with van der Waals surface area (Å²) in [6, 6.07) is 25.5. The fourth-order valence-corrected chi connectivity index (χ4v) is 6.42. The second kappa shape index (κ2) is 11.9. The van der Waals surface area contributed by atoms with Gasteiger partial charge in [0, 0.05) is 24.2 Å². The zero-order valence-corrected chi connectivity index (χ0v) is 24.9. The molecule has 1 unspecified atom stereocenters. The first-order valence-electron chi connectivity index (χ1n) is 14.7. The number of carboxylic acids is 1. The lowest BCUT2D eigenvalue weighted by Gasteiger charge is -2.25. The fraction of sp³-hybridized carbons (Fsp3) is 0.222. The monoisotopic (exact) mass is 611 g/mol. The van der Waals surface area contributed by atoms with Crippen molar-refractivity contribution in [1.29, 1.82) is 0 Å². The zero-order valence-electron chi connectivity index (χ0n) is 24.9. The summed E-state index contributed by atoms with van der Waals surface area (Å²) >= 11 is 0. The van der Waals surface area contributed by atoms with Gasteiger partial charge in [-0.1, -0.05) is 84.9 Å². The first-order chi connectivity index (χ1) is 21.5. The summed E-state index contributed by atoms with van der Waals surface area (Å²) in [6.45, 7) is 0.106. The molecular weight excluding hydrogens is 579 g/mol. The highest BCUT2D eigenvalue weighted by atomic mass is 19.4. The second-order valence-electron chi connectivity index (χ2n) is 11.6. The van der Waals surface area contributed by atoms with Gasteiger partial charge in [0.1, 0.15) is 5.82 Å². The number of hydrogen-bond acceptors (Lipinski definition) is 4. The Kier molecular flexibility index (Phi) is 7.97. The number of carboxylic acid groups (broad SMARTS) is 1. The summed E-state index contributed by atoms with van der Waals surface area (Å²) < 4.78 is 45.2. The Bertz CT molecular complexity index is 1960. The van der Waals surface area contributed by atoms with Crippen molar-refractivity contribution in [3.05, 3.63) is 135 Å². The molecule has 0 saturated heterocycles. The molecule has 0 bridgehead atoms. The molecule has 0 radical (unpaired) electrons. The molecule has 4 aromatic carbocycles. The minimum absolute atomic E-state index is 0.0104. The minimum atomic E-state index is -4.64. The summed E-state index contributed by atoms with van der Waals surface area (Å²) in [5.74, 6) is -0.973. The van der Waals surface area contributed by atoms with Crippen LogP contribution in [-0.2, 0) is 30.4 Å². The maximum absolute atomic E-state index is 14.7. The number of carbonyl (C=O) groups is 1. The molecule has 230 valence electrons. The Balaban J connectivity index is 1.72. The quantitative estimate of drug-likeness (QED) is 0.198. The number of nitrogens with one attached hydrogen (secondary N) is 1. The van der Waals surface area contributed by atoms with E-state index in [0.29, 0.717) is 27.8 Å². The number of nitrogens with zero attached hydrogens (tertiary/aromatic N) is 2. The largest absolute Gasteiger partial charge is 0.480 e. The number of anilines is 1. The molecule has 6 rings (SSSR count). The lowest BCUT2D eigenvalue weighted by Crippen LogP contribution is -2.33. The molecule has 45 heavy (non-hydrogen) atoms. The molecule has 9 heteroatoms. The van der Waals surface area contributed by atoms with Gasteiger partial charge in [0.05, 0.1) is 5.56 Å². The Morgan fingerprint density at radius 3 is 2.29 bits per heavy atom. The van der Waals surface area contributed by atoms with Crippen LogP contribution in [0.1, 0.15) is 39.4 Å². The van der Waals surface area contributed by atoms with Gasteiger partial charge in [-0.05, 0) is 71.6 Å². The normalized spacial score (nSPS) is 14.5. The van der Waals surface area contributed by atoms with Gasteiger partial charge >= 0.3 is 12.1 Å². The van der Waals surface area contributed by atoms with Crippen molar-refractivity contribution in [2.24, 2.45) is 0 Å². The SMILES string of the molecule is CN(C)Cc1c(Cc2cccc3ccccc23)c(-c2cccc(C(F)(F)F)c2Cc2ccccc2)c2n(c1=O)C(C(=O)O)CN2. The molecule has 2 N–H and O–H groups in total. The van der Waals surface area contributed by atoms with E-state index < -0.39 is 29.3 Å². The molecule has 0 fully saturated rings. The molecule has 0 aliphatic carbocycles. The lowest BCUT2D eigenvalue weighted by molar-refractivity contribution is -0.140. The fourth-order valence-electron chi connectivity index (χ4n) is 6.42. The summed E-state index contributed by atoms with van der Waals surface area (Å²) in [5.41, 5.74) is 2.08. The smallest absolute Gasteiger partial charge is 0.416 e. The van der Waals surface area contributed by atoms with Crippen LogP contribution in [0, 0.1) is 0 Å². The van der Waals surface area contributed by atoms with E-state index in [2.05, 4.69) is 5.32 Å². The van der Waals surface area contributed by atoms with E-state index in [1.807, 2.05) is 53.4 Å². The first kappa shape index (κ1) is 30.1. The maximum Gasteiger partial charge on any atom is 0.416 e. The van der Waals surface area contributed by atoms with E-state index in [4.69, 9.17) is 0 Å². The van der Waals surface area contributed by atoms with E-state index in [-0.39, 0.29) is 37.3 Å². The van der Waals surface area contributed by atoms with Crippen LogP contribution in [0.15, 0.2) is 95.8 Å². The zero-order chi connectivity index (χ0) is 31.9. The van der Waals surface area contributed by atoms with Crippen molar-refractivity contribution in [2.45, 2.75) is 31.6 Å². The highest BCUT2D eigenvalue weighted by Gasteiger charge is 2.38. The number of alkyl halides is 3. The summed E-state index contributed by atoms with van der Waals surface area (Å²) in [5, 5.41) is 15.2. The van der Waals surface area contributed by atoms with Crippen molar-refractivity contribution in [3.8, 4) is 11.1 Å². The van der Waals surface area contributed by atoms with Gasteiger partial charge < -0.3 is 15.3 Å². The van der Waals surface area contributed by atoms with Crippen molar-refractivity contribution in [3.63, 3.8) is 0 Å². The molecule has 0 amide bonds. The number of halogens is 3. The van der Waals surface area contributed by atoms with Crippen molar-refractivity contribution in [2.75, 3.05) is 26.0 Å². The second-order valence-corrected chi connectivity index (χ2v) is 11.6. The van der Waals surface area contributed by atoms with Gasteiger partial charge in [0.15, 0.2) is 6.04 Å². The molecular formula is C36H32F3N3O3. The van der Waals surface area contributed by atoms with Crippen molar-refractivity contribution >= 4 is 22.6 Å². The molecule has 1 aliphatic heterocycles. The number of benzene rings is 4. The van der Waals surface area contributed by atoms with Crippen LogP contribution < -0.4 is 10.9 Å². The van der Waals surface area contributed by atoms with E-state index in [1.54, 1.807) is 44.4 Å². The number of pyridine rings is 1. The van der Waals surface area contributed by atoms with Crippen LogP contribution in [0.5, 0.6) is 0 Å². The molecule has 2 heterocycles. The number of rotatable bonds is 8. The Morgan fingerprint density at radius 1 is 0.889 bits per heavy atom. The van der Waals surface area contributed by atoms with E-state index in [1.165, 1.54) is 10.6 Å². The molecule has 6 nitrogen and oxygen atoms in total. The molecule has 1 atom stereocenters. The predicted octanol–water partition coefficient (Wildman–Crippen LogP) is 6.98. The van der Waals surface area contributed by atoms with E-state index in [9.17, 15) is 27.9 Å². The topological polar surface area (TPSA) is 74.6 Å². The molecule has 1 aromatic heterocycles. The minimum Gasteiger partial charge on any atom is -0.480 e. The van der Waals surface area contributed by atoms with Crippen LogP contribution >= 0.6 is 0 Å². The third-order valence-electron chi connectivity index (χ3n) is 8.38. The molecule has 5 aromatic rings. The van der Waals surface area contributed by atoms with Crippen LogP contribution in [0.25, 0.3) is 21.9 Å². The summed E-state index contributed by atoms with van der Waals surface area (Å²) in [7, 11) is 3.60. The van der Waals surface area contributed by atoms with Gasteiger partial charge in [-0.3, -0.25) is 9.36 Å². The standard InChI is InChI=1S/C36H32F3N3O3/c1-41(2)21-29-28(19-24-14-8-13-23-12-6-7-15-25(23)24)32(33-40-20-31(35(44)45)42(33)34(29)43)26-16-9-17-30(36(37,38)39)27(26)18-22-10-4-3-5-11-22/h3-17,31,40H,18-21H2,1-2H3,(H,44,45). The third-order valence-corrected chi connectivity index (χ3v) is 8.38. The van der Waals surface area contributed by atoms with Crippen LogP contribution in [0.2, 0.25) is 0 Å². The van der Waals surface area contributed by atoms with Gasteiger partial charge in [-0.25, -0.2) is 4.79 Å². The van der Waals surface area contributed by atoms with Crippen LogP contribution in [-0.4, -0.2) is 41.2 Å². The maximum atomic E-state index is 14.7. The Labute approximate surface area is 258 Å². The molecule has 1 aliphatic rings. The van der Waals surface area contributed by atoms with Crippen molar-refractivity contribution in [1.82, 2.24) is 9.47 Å². The average molecular weight is 612 g/mol. The Hall–Kier alpha value is -4.89. The van der Waals surface area contributed by atoms with E-state index >= 15 is 0 Å². The highest BCUT2D eigenvalue weighted by molar-refractivity contribution is 5.89. The molecule has 0 saturated carbocycles. The average Bonchev–Trinajstić information content (AvgIpc) is 3.45. The third kappa shape index (κ3) is 5.71. The van der Waals surface area contributed by atoms with Gasteiger partial charge in [-0.15, -0.1) is 0 Å². The van der Waals surface area contributed by atoms with Gasteiger partial charge in [0.25, 0.3) is 5.56 Å². The first-order valence-corrected chi connectivity index (χ1v) is 14.7. The highest BCUT2D eigenvalue weighted by Crippen LogP contribution is 2.44. The Morgan fingerprint density at radius 2 is 1.58 bits per heavy atom. The number of hydrogen-bond donors (Lipinski definition) is 2. The van der Waals surface area contributed by atoms with Crippen LogP contribution in [0.4, 0.5) is 19.0 Å². The van der Waals surface area contributed by atoms with Gasteiger partial charge in [-0.2, -0.15) is 13.2 Å². The summed E-state index contributed by atoms with van der Waals surface area (Å²) in [6.07, 6.45) is -4.40. The number of fused-ring (bicyclic) bond motifs is 2. The number of aromatic nitrogens is 1. The number of aliphatic carboxylic acids is 1. The summed E-state index contributed by atoms with van der Waals surface area (Å²) in [4.78, 5) is 28.4.